The predicted octanol–water partition coefficient (Wildman–Crippen LogP) is 3.71. The van der Waals surface area contributed by atoms with Crippen LogP contribution in [-0.4, -0.2) is 75.2 Å². The number of H-pyrrole nitrogens is 1. The number of rotatable bonds is 12. The summed E-state index contributed by atoms with van der Waals surface area (Å²) in [4.78, 5) is 46.9. The molecule has 0 radical (unpaired) electrons. The summed E-state index contributed by atoms with van der Waals surface area (Å²) in [5.41, 5.74) is 10.2. The van der Waals surface area contributed by atoms with Gasteiger partial charge in [-0.05, 0) is 62.3 Å². The third-order valence-corrected chi connectivity index (χ3v) is 8.58. The molecule has 4 aromatic rings. The number of amides is 2. The summed E-state index contributed by atoms with van der Waals surface area (Å²) in [6.07, 6.45) is 7.29. The first-order valence-electron chi connectivity index (χ1n) is 15.7. The SMILES string of the molecule is NCCCC[C@H](NC(=O)OCc1ccccc1)C(=O)N1CCc2cccc(OC[C@H]3CCCN3c3ncnc4nc[nH]c34)c2C1. The van der Waals surface area contributed by atoms with Crippen molar-refractivity contribution in [3.63, 3.8) is 0 Å². The number of carbonyl (C=O) groups excluding carboxylic acids is 2. The molecule has 4 N–H and O–H groups in total. The van der Waals surface area contributed by atoms with Gasteiger partial charge in [0.1, 0.15) is 36.8 Å². The van der Waals surface area contributed by atoms with Crippen molar-refractivity contribution in [1.29, 1.82) is 0 Å². The number of nitrogens with zero attached hydrogens (tertiary/aromatic N) is 5. The highest BCUT2D eigenvalue weighted by atomic mass is 16.5. The van der Waals surface area contributed by atoms with E-state index in [1.807, 2.05) is 47.4 Å². The number of benzene rings is 2. The maximum absolute atomic E-state index is 13.8. The van der Waals surface area contributed by atoms with E-state index in [0.717, 1.165) is 60.4 Å². The Kier molecular flexibility index (Phi) is 9.69. The fraction of sp³-hybridized carbons (Fsp3) is 0.424. The molecule has 2 aromatic carbocycles. The normalized spacial score (nSPS) is 16.8. The highest BCUT2D eigenvalue weighted by Crippen LogP contribution is 2.32. The Morgan fingerprint density at radius 2 is 1.96 bits per heavy atom. The van der Waals surface area contributed by atoms with Crippen molar-refractivity contribution < 1.29 is 19.1 Å². The summed E-state index contributed by atoms with van der Waals surface area (Å²) < 4.78 is 11.9. The quantitative estimate of drug-likeness (QED) is 0.203. The molecule has 2 aromatic heterocycles. The lowest BCUT2D eigenvalue weighted by Crippen LogP contribution is -2.50. The van der Waals surface area contributed by atoms with Crippen LogP contribution < -0.4 is 20.7 Å². The first-order chi connectivity index (χ1) is 22.1. The molecule has 0 unspecified atom stereocenters. The van der Waals surface area contributed by atoms with Crippen molar-refractivity contribution in [2.75, 3.05) is 31.1 Å². The summed E-state index contributed by atoms with van der Waals surface area (Å²) in [7, 11) is 0. The summed E-state index contributed by atoms with van der Waals surface area (Å²) in [6.45, 7) is 3.00. The molecule has 2 aliphatic heterocycles. The highest BCUT2D eigenvalue weighted by Gasteiger charge is 2.32. The Hall–Kier alpha value is -4.71. The van der Waals surface area contributed by atoms with Gasteiger partial charge in [0.25, 0.3) is 0 Å². The van der Waals surface area contributed by atoms with E-state index in [-0.39, 0.29) is 18.6 Å². The van der Waals surface area contributed by atoms with Crippen LogP contribution in [0.25, 0.3) is 11.2 Å². The van der Waals surface area contributed by atoms with Crippen LogP contribution in [0.5, 0.6) is 5.75 Å². The number of unbranched alkanes of at least 4 members (excludes halogenated alkanes) is 1. The molecule has 0 bridgehead atoms. The molecule has 2 amide bonds. The van der Waals surface area contributed by atoms with E-state index < -0.39 is 12.1 Å². The first-order valence-corrected chi connectivity index (χ1v) is 15.7. The molecular formula is C33H40N8O4. The summed E-state index contributed by atoms with van der Waals surface area (Å²) in [6, 6.07) is 15.0. The molecule has 2 atom stereocenters. The standard InChI is InChI=1S/C33H40N8O4/c34-15-5-4-12-27(39-33(43)45-19-23-8-2-1-3-9-23)32(42)40-17-14-24-10-6-13-28(26(24)18-40)44-20-25-11-7-16-41(25)31-29-30(36-21-35-29)37-22-38-31/h1-3,6,8-10,13,21-22,25,27H,4-5,7,11-12,14-20,34H2,(H,39,43)(H,35,36,37,38)/t25-,27+/m1/s1. The van der Waals surface area contributed by atoms with Crippen LogP contribution in [0.2, 0.25) is 0 Å². The lowest BCUT2D eigenvalue weighted by molar-refractivity contribution is -0.134. The van der Waals surface area contributed by atoms with Crippen LogP contribution in [0.1, 0.15) is 48.8 Å². The van der Waals surface area contributed by atoms with Crippen molar-refractivity contribution >= 4 is 29.0 Å². The molecule has 236 valence electrons. The van der Waals surface area contributed by atoms with E-state index in [1.54, 1.807) is 12.7 Å². The molecule has 2 aliphatic rings. The number of alkyl carbamates (subject to hydrolysis) is 1. The maximum atomic E-state index is 13.8. The number of carbonyl (C=O) groups is 2. The number of hydrogen-bond acceptors (Lipinski definition) is 9. The molecule has 0 spiro atoms. The van der Waals surface area contributed by atoms with Crippen molar-refractivity contribution in [2.24, 2.45) is 5.73 Å². The Balaban J connectivity index is 1.11. The summed E-state index contributed by atoms with van der Waals surface area (Å²) >= 11 is 0. The number of nitrogens with two attached hydrogens (primary N) is 1. The Bertz CT molecular complexity index is 1600. The van der Waals surface area contributed by atoms with Crippen molar-refractivity contribution in [3.8, 4) is 5.75 Å². The van der Waals surface area contributed by atoms with Gasteiger partial charge in [0.2, 0.25) is 5.91 Å². The fourth-order valence-corrected chi connectivity index (χ4v) is 6.19. The van der Waals surface area contributed by atoms with Crippen LogP contribution in [0.3, 0.4) is 0 Å². The minimum absolute atomic E-state index is 0.126. The molecule has 12 heteroatoms. The smallest absolute Gasteiger partial charge is 0.408 e. The van der Waals surface area contributed by atoms with Crippen LogP contribution in [-0.2, 0) is 29.1 Å². The van der Waals surface area contributed by atoms with E-state index in [2.05, 4.69) is 36.2 Å². The number of ether oxygens (including phenoxy) is 2. The van der Waals surface area contributed by atoms with Crippen molar-refractivity contribution in [1.82, 2.24) is 30.2 Å². The van der Waals surface area contributed by atoms with Gasteiger partial charge in [-0.2, -0.15) is 0 Å². The second kappa shape index (κ2) is 14.4. The number of imidazole rings is 1. The third-order valence-electron chi connectivity index (χ3n) is 8.58. The molecule has 45 heavy (non-hydrogen) atoms. The molecule has 6 rings (SSSR count). The maximum Gasteiger partial charge on any atom is 0.408 e. The summed E-state index contributed by atoms with van der Waals surface area (Å²) in [5, 5.41) is 2.83. The number of anilines is 1. The van der Waals surface area contributed by atoms with Gasteiger partial charge in [0.15, 0.2) is 11.5 Å². The monoisotopic (exact) mass is 612 g/mol. The predicted molar refractivity (Wildman–Crippen MR) is 170 cm³/mol. The van der Waals surface area contributed by atoms with Crippen molar-refractivity contribution in [2.45, 2.75) is 63.8 Å². The number of fused-ring (bicyclic) bond motifs is 2. The lowest BCUT2D eigenvalue weighted by Gasteiger charge is -2.33. The Morgan fingerprint density at radius 3 is 2.82 bits per heavy atom. The van der Waals surface area contributed by atoms with Gasteiger partial charge in [0.05, 0.1) is 12.4 Å². The third kappa shape index (κ3) is 7.17. The molecule has 12 nitrogen and oxygen atoms in total. The number of aromatic nitrogens is 4. The zero-order valence-corrected chi connectivity index (χ0v) is 25.4. The zero-order valence-electron chi connectivity index (χ0n) is 25.4. The average molecular weight is 613 g/mol. The van der Waals surface area contributed by atoms with Gasteiger partial charge >= 0.3 is 6.09 Å². The van der Waals surface area contributed by atoms with Gasteiger partial charge in [-0.1, -0.05) is 42.5 Å². The van der Waals surface area contributed by atoms with E-state index >= 15 is 0 Å². The fourth-order valence-electron chi connectivity index (χ4n) is 6.19. The van der Waals surface area contributed by atoms with Crippen molar-refractivity contribution in [3.05, 3.63) is 77.9 Å². The Labute approximate surface area is 262 Å². The average Bonchev–Trinajstić information content (AvgIpc) is 3.76. The van der Waals surface area contributed by atoms with Crippen LogP contribution in [0.15, 0.2) is 61.2 Å². The van der Waals surface area contributed by atoms with Gasteiger partial charge in [-0.25, -0.2) is 19.7 Å². The minimum Gasteiger partial charge on any atom is -0.491 e. The molecule has 1 fully saturated rings. The van der Waals surface area contributed by atoms with Gasteiger partial charge in [-0.15, -0.1) is 0 Å². The van der Waals surface area contributed by atoms with Gasteiger partial charge in [-0.3, -0.25) is 4.79 Å². The minimum atomic E-state index is -0.700. The molecule has 0 aliphatic carbocycles. The second-order valence-corrected chi connectivity index (χ2v) is 11.5. The molecular weight excluding hydrogens is 572 g/mol. The second-order valence-electron chi connectivity index (χ2n) is 11.5. The van der Waals surface area contributed by atoms with Gasteiger partial charge in [0, 0.05) is 25.2 Å². The van der Waals surface area contributed by atoms with E-state index in [4.69, 9.17) is 15.2 Å². The molecule has 4 heterocycles. The number of hydrogen-bond donors (Lipinski definition) is 3. The highest BCUT2D eigenvalue weighted by molar-refractivity contribution is 5.86. The lowest BCUT2D eigenvalue weighted by atomic mass is 9.97. The topological polar surface area (TPSA) is 152 Å². The zero-order chi connectivity index (χ0) is 31.0. The van der Waals surface area contributed by atoms with E-state index in [0.29, 0.717) is 44.7 Å². The van der Waals surface area contributed by atoms with E-state index in [9.17, 15) is 9.59 Å². The Morgan fingerprint density at radius 1 is 1.07 bits per heavy atom. The first kappa shape index (κ1) is 30.3. The summed E-state index contributed by atoms with van der Waals surface area (Å²) in [5.74, 6) is 1.49. The largest absolute Gasteiger partial charge is 0.491 e. The number of aromatic amines is 1. The van der Waals surface area contributed by atoms with Crippen LogP contribution in [0.4, 0.5) is 10.6 Å². The van der Waals surface area contributed by atoms with Gasteiger partial charge < -0.3 is 35.3 Å². The van der Waals surface area contributed by atoms with Crippen LogP contribution >= 0.6 is 0 Å². The van der Waals surface area contributed by atoms with Crippen LogP contribution in [0, 0.1) is 0 Å². The van der Waals surface area contributed by atoms with E-state index in [1.165, 1.54) is 5.56 Å². The molecule has 0 saturated carbocycles. The molecule has 1 saturated heterocycles. The number of nitrogens with one attached hydrogen (secondary N) is 2.